The number of sulfone groups is 1. The molecule has 0 aliphatic heterocycles. The number of carbonyl (C=O) groups is 1. The minimum absolute atomic E-state index is 0.0170. The van der Waals surface area contributed by atoms with E-state index in [0.29, 0.717) is 11.6 Å². The lowest BCUT2D eigenvalue weighted by Gasteiger charge is -2.16. The van der Waals surface area contributed by atoms with Crippen LogP contribution in [0.1, 0.15) is 23.0 Å². The van der Waals surface area contributed by atoms with Crippen molar-refractivity contribution >= 4 is 37.8 Å². The van der Waals surface area contributed by atoms with E-state index in [0.717, 1.165) is 24.0 Å². The molecule has 1 atom stereocenters. The second kappa shape index (κ2) is 7.10. The molecule has 1 heterocycles. The zero-order valence-corrected chi connectivity index (χ0v) is 14.2. The summed E-state index contributed by atoms with van der Waals surface area (Å²) < 4.78 is 29.0. The van der Waals surface area contributed by atoms with Crippen LogP contribution in [0.25, 0.3) is 0 Å². The Morgan fingerprint density at radius 1 is 1.48 bits per heavy atom. The van der Waals surface area contributed by atoms with Crippen molar-refractivity contribution in [3.8, 4) is 0 Å². The Balaban J connectivity index is 3.33. The number of nitrogen functional groups attached to an aromatic ring is 1. The molecule has 0 bridgehead atoms. The average Bonchev–Trinajstić information content (AvgIpc) is 2.73. The molecular weight excluding hydrogens is 314 g/mol. The van der Waals surface area contributed by atoms with Crippen LogP contribution in [0.3, 0.4) is 0 Å². The molecule has 0 aliphatic carbocycles. The third kappa shape index (κ3) is 4.08. The van der Waals surface area contributed by atoms with Crippen LogP contribution >= 0.6 is 11.3 Å². The van der Waals surface area contributed by atoms with Crippen LogP contribution < -0.4 is 16.4 Å². The van der Waals surface area contributed by atoms with Crippen LogP contribution in [0.15, 0.2) is 4.90 Å². The molecule has 0 fully saturated rings. The van der Waals surface area contributed by atoms with Gasteiger partial charge in [0.05, 0.1) is 12.3 Å². The first kappa shape index (κ1) is 17.7. The Hall–Kier alpha value is -1.32. The number of carbonyl (C=O) groups excluding carboxylic acids is 1. The number of ether oxygens (including phenoxy) is 1. The smallest absolute Gasteiger partial charge is 0.263 e. The Morgan fingerprint density at radius 2 is 2.10 bits per heavy atom. The van der Waals surface area contributed by atoms with Crippen LogP contribution in [-0.4, -0.2) is 47.4 Å². The van der Waals surface area contributed by atoms with Crippen LogP contribution in [0.2, 0.25) is 0 Å². The summed E-state index contributed by atoms with van der Waals surface area (Å²) in [6, 6.07) is -0.0638. The van der Waals surface area contributed by atoms with Crippen molar-refractivity contribution < 1.29 is 17.9 Å². The molecule has 1 aromatic rings. The lowest BCUT2D eigenvalue weighted by Crippen LogP contribution is -2.24. The van der Waals surface area contributed by atoms with Gasteiger partial charge in [-0.25, -0.2) is 8.42 Å². The highest BCUT2D eigenvalue weighted by atomic mass is 32.2. The summed E-state index contributed by atoms with van der Waals surface area (Å²) in [5, 5.41) is 5.92. The van der Waals surface area contributed by atoms with Crippen LogP contribution in [0.4, 0.5) is 10.7 Å². The summed E-state index contributed by atoms with van der Waals surface area (Å²) in [5.74, 6) is -0.407. The van der Waals surface area contributed by atoms with E-state index >= 15 is 0 Å². The van der Waals surface area contributed by atoms with E-state index in [2.05, 4.69) is 10.6 Å². The van der Waals surface area contributed by atoms with Gasteiger partial charge in [0.25, 0.3) is 5.91 Å². The molecule has 7 nitrogen and oxygen atoms in total. The van der Waals surface area contributed by atoms with Crippen LogP contribution in [0, 0.1) is 0 Å². The predicted octanol–water partition coefficient (Wildman–Crippen LogP) is 0.930. The van der Waals surface area contributed by atoms with Crippen molar-refractivity contribution in [3.63, 3.8) is 0 Å². The number of nitrogens with one attached hydrogen (secondary N) is 2. The lowest BCUT2D eigenvalue weighted by atomic mass is 10.2. The summed E-state index contributed by atoms with van der Waals surface area (Å²) in [6.45, 7) is 2.38. The molecule has 0 spiro atoms. The number of hydrogen-bond donors (Lipinski definition) is 3. The summed E-state index contributed by atoms with van der Waals surface area (Å²) in [6.07, 6.45) is 1.81. The number of hydrogen-bond acceptors (Lipinski definition) is 7. The molecule has 0 saturated heterocycles. The first-order valence-corrected chi connectivity index (χ1v) is 9.06. The highest BCUT2D eigenvalue weighted by Crippen LogP contribution is 2.39. The number of nitrogens with two attached hydrogens (primary N) is 1. The molecule has 0 aromatic carbocycles. The zero-order chi connectivity index (χ0) is 16.2. The number of methoxy groups -OCH3 is 1. The molecule has 1 aromatic heterocycles. The molecule has 4 N–H and O–H groups in total. The molecule has 0 radical (unpaired) electrons. The zero-order valence-electron chi connectivity index (χ0n) is 12.5. The molecule has 1 unspecified atom stereocenters. The molecule has 1 amide bonds. The summed E-state index contributed by atoms with van der Waals surface area (Å²) in [5.41, 5.74) is 5.84. The number of amides is 1. The Kier molecular flexibility index (Phi) is 5.99. The normalized spacial score (nSPS) is 13.0. The van der Waals surface area contributed by atoms with Gasteiger partial charge in [-0.05, 0) is 6.42 Å². The Labute approximate surface area is 128 Å². The third-order valence-electron chi connectivity index (χ3n) is 2.90. The minimum Gasteiger partial charge on any atom is -0.396 e. The van der Waals surface area contributed by atoms with Gasteiger partial charge >= 0.3 is 0 Å². The second-order valence-electron chi connectivity index (χ2n) is 4.56. The molecule has 0 saturated carbocycles. The fourth-order valence-corrected chi connectivity index (χ4v) is 4.40. The van der Waals surface area contributed by atoms with E-state index in [1.54, 1.807) is 7.11 Å². The first-order valence-electron chi connectivity index (χ1n) is 6.36. The van der Waals surface area contributed by atoms with Crippen molar-refractivity contribution in [2.24, 2.45) is 0 Å². The molecule has 1 rings (SSSR count). The van der Waals surface area contributed by atoms with Crippen molar-refractivity contribution in [1.82, 2.24) is 5.32 Å². The first-order chi connectivity index (χ1) is 9.76. The maximum atomic E-state index is 12.0. The Morgan fingerprint density at radius 3 is 2.52 bits per heavy atom. The van der Waals surface area contributed by atoms with Gasteiger partial charge < -0.3 is 21.1 Å². The van der Waals surface area contributed by atoms with Crippen molar-refractivity contribution in [3.05, 3.63) is 4.88 Å². The lowest BCUT2D eigenvalue weighted by molar-refractivity contribution is 0.0968. The van der Waals surface area contributed by atoms with Crippen LogP contribution in [-0.2, 0) is 14.6 Å². The molecule has 0 aliphatic rings. The van der Waals surface area contributed by atoms with E-state index < -0.39 is 15.7 Å². The fraction of sp³-hybridized carbons (Fsp3) is 0.583. The van der Waals surface area contributed by atoms with Crippen molar-refractivity contribution in [2.45, 2.75) is 24.3 Å². The number of anilines is 2. The summed E-state index contributed by atoms with van der Waals surface area (Å²) in [7, 11) is -0.515. The quantitative estimate of drug-likeness (QED) is 0.684. The average molecular weight is 335 g/mol. The maximum Gasteiger partial charge on any atom is 0.263 e. The number of rotatable bonds is 7. The van der Waals surface area contributed by atoms with E-state index in [1.165, 1.54) is 7.05 Å². The SMILES string of the molecule is CCC(COC)Nc1sc(C(=O)NC)c(N)c1S(C)(=O)=O. The second-order valence-corrected chi connectivity index (χ2v) is 7.53. The fourth-order valence-electron chi connectivity index (χ4n) is 1.82. The molecule has 120 valence electrons. The molecule has 9 heteroatoms. The van der Waals surface area contributed by atoms with Gasteiger partial charge in [-0.15, -0.1) is 11.3 Å². The summed E-state index contributed by atoms with van der Waals surface area (Å²) in [4.78, 5) is 11.9. The Bertz CT molecular complexity index is 610. The predicted molar refractivity (Wildman–Crippen MR) is 84.8 cm³/mol. The van der Waals surface area contributed by atoms with E-state index in [4.69, 9.17) is 10.5 Å². The van der Waals surface area contributed by atoms with E-state index in [9.17, 15) is 13.2 Å². The highest BCUT2D eigenvalue weighted by Gasteiger charge is 2.27. The van der Waals surface area contributed by atoms with Crippen molar-refractivity contribution in [1.29, 1.82) is 0 Å². The van der Waals surface area contributed by atoms with Gasteiger partial charge in [-0.3, -0.25) is 4.79 Å². The van der Waals surface area contributed by atoms with Crippen molar-refractivity contribution in [2.75, 3.05) is 38.1 Å². The van der Waals surface area contributed by atoms with Gasteiger partial charge in [-0.2, -0.15) is 0 Å². The van der Waals surface area contributed by atoms with E-state index in [1.807, 2.05) is 6.92 Å². The van der Waals surface area contributed by atoms with Gasteiger partial charge in [-0.1, -0.05) is 6.92 Å². The molecular formula is C12H21N3O4S2. The maximum absolute atomic E-state index is 12.0. The molecule has 21 heavy (non-hydrogen) atoms. The summed E-state index contributed by atoms with van der Waals surface area (Å²) >= 11 is 1.03. The highest BCUT2D eigenvalue weighted by molar-refractivity contribution is 7.91. The van der Waals surface area contributed by atoms with Crippen LogP contribution in [0.5, 0.6) is 0 Å². The van der Waals surface area contributed by atoms with Gasteiger partial charge in [0.2, 0.25) is 0 Å². The van der Waals surface area contributed by atoms with Gasteiger partial charge in [0.15, 0.2) is 9.84 Å². The van der Waals surface area contributed by atoms with Gasteiger partial charge in [0, 0.05) is 26.5 Å². The standard InChI is InChI=1S/C12H21N3O4S2/c1-5-7(6-19-3)15-12-10(21(4,17)18)8(13)9(20-12)11(16)14-2/h7,15H,5-6,13H2,1-4H3,(H,14,16). The van der Waals surface area contributed by atoms with E-state index in [-0.39, 0.29) is 21.5 Å². The number of thiophene rings is 1. The monoisotopic (exact) mass is 335 g/mol. The third-order valence-corrected chi connectivity index (χ3v) is 5.33. The topological polar surface area (TPSA) is 111 Å². The largest absolute Gasteiger partial charge is 0.396 e. The minimum atomic E-state index is -3.55. The van der Waals surface area contributed by atoms with Gasteiger partial charge in [0.1, 0.15) is 14.8 Å².